The molecule has 0 aromatic heterocycles. The fourth-order valence-electron chi connectivity index (χ4n) is 6.39. The fourth-order valence-corrected chi connectivity index (χ4v) is 6.39. The number of phenolic OH excluding ortho intramolecular Hbond substituents is 1. The number of hydrogen-bond acceptors (Lipinski definition) is 4. The van der Waals surface area contributed by atoms with Gasteiger partial charge in [-0.1, -0.05) is 50.2 Å². The van der Waals surface area contributed by atoms with Gasteiger partial charge in [-0.05, 0) is 71.9 Å². The largest absolute Gasteiger partial charge is 0.508 e. The molecule has 0 radical (unpaired) electrons. The number of likely N-dealkylation sites (tertiary alicyclic amines) is 1. The molecule has 5 atom stereocenters. The summed E-state index contributed by atoms with van der Waals surface area (Å²) in [5.41, 5.74) is 3.38. The third kappa shape index (κ3) is 2.73. The topological polar surface area (TPSA) is 49.8 Å². The van der Waals surface area contributed by atoms with Crippen molar-refractivity contribution in [3.8, 4) is 5.75 Å². The van der Waals surface area contributed by atoms with Crippen molar-refractivity contribution in [2.24, 2.45) is 11.8 Å². The Hall–Kier alpha value is -2.33. The molecular formula is C26H31NO3. The lowest BCUT2D eigenvalue weighted by molar-refractivity contribution is -0.144. The van der Waals surface area contributed by atoms with Crippen LogP contribution >= 0.6 is 0 Å². The van der Waals surface area contributed by atoms with Crippen molar-refractivity contribution in [3.63, 3.8) is 0 Å². The first kappa shape index (κ1) is 19.6. The van der Waals surface area contributed by atoms with E-state index in [1.54, 1.807) is 0 Å². The predicted molar refractivity (Wildman–Crippen MR) is 117 cm³/mol. The minimum absolute atomic E-state index is 0.0932. The van der Waals surface area contributed by atoms with Gasteiger partial charge in [-0.25, -0.2) is 0 Å². The van der Waals surface area contributed by atoms with Crippen LogP contribution in [0.2, 0.25) is 0 Å². The summed E-state index contributed by atoms with van der Waals surface area (Å²) >= 11 is 0. The summed E-state index contributed by atoms with van der Waals surface area (Å²) in [4.78, 5) is 15.4. The molecule has 0 spiro atoms. The lowest BCUT2D eigenvalue weighted by Gasteiger charge is -2.54. The van der Waals surface area contributed by atoms with Gasteiger partial charge in [0.2, 0.25) is 0 Å². The Morgan fingerprint density at radius 2 is 2.00 bits per heavy atom. The van der Waals surface area contributed by atoms with Gasteiger partial charge in [-0.15, -0.1) is 0 Å². The van der Waals surface area contributed by atoms with Crippen LogP contribution in [0.3, 0.4) is 0 Å². The number of ether oxygens (including phenoxy) is 1. The minimum Gasteiger partial charge on any atom is -0.508 e. The van der Waals surface area contributed by atoms with Crippen LogP contribution in [0.1, 0.15) is 43.4 Å². The maximum atomic E-state index is 12.8. The van der Waals surface area contributed by atoms with Crippen LogP contribution in [0.5, 0.6) is 5.75 Å². The van der Waals surface area contributed by atoms with E-state index in [4.69, 9.17) is 4.74 Å². The summed E-state index contributed by atoms with van der Waals surface area (Å²) in [6, 6.07) is 16.5. The summed E-state index contributed by atoms with van der Waals surface area (Å²) in [5, 5.41) is 10.1. The maximum absolute atomic E-state index is 12.8. The van der Waals surface area contributed by atoms with Crippen LogP contribution in [0.25, 0.3) is 0 Å². The Morgan fingerprint density at radius 1 is 1.23 bits per heavy atom. The number of carbonyl (C=O) groups is 1. The van der Waals surface area contributed by atoms with E-state index in [1.807, 2.05) is 30.3 Å². The lowest BCUT2D eigenvalue weighted by atomic mass is 9.59. The average Bonchev–Trinajstić information content (AvgIpc) is 3.48. The molecule has 1 saturated heterocycles. The van der Waals surface area contributed by atoms with Crippen LogP contribution in [0.15, 0.2) is 48.5 Å². The Balaban J connectivity index is 1.41. The summed E-state index contributed by atoms with van der Waals surface area (Å²) in [6.45, 7) is 6.69. The fraction of sp³-hybridized carbons (Fsp3) is 0.500. The van der Waals surface area contributed by atoms with E-state index in [9.17, 15) is 9.90 Å². The summed E-state index contributed by atoms with van der Waals surface area (Å²) in [7, 11) is 1.50. The predicted octanol–water partition coefficient (Wildman–Crippen LogP) is 4.05. The van der Waals surface area contributed by atoms with Crippen LogP contribution < -0.4 is 0 Å². The van der Waals surface area contributed by atoms with Crippen molar-refractivity contribution in [1.29, 1.82) is 0 Å². The second-order valence-corrected chi connectivity index (χ2v) is 9.79. The summed E-state index contributed by atoms with van der Waals surface area (Å²) < 4.78 is 5.25. The van der Waals surface area contributed by atoms with E-state index in [0.717, 1.165) is 37.9 Å². The van der Waals surface area contributed by atoms with Crippen molar-refractivity contribution in [3.05, 3.63) is 65.2 Å². The maximum Gasteiger partial charge on any atom is 0.316 e. The molecule has 5 rings (SSSR count). The number of methoxy groups -OCH3 is 1. The monoisotopic (exact) mass is 405 g/mol. The number of carbonyl (C=O) groups excluding carboxylic acids is 1. The molecule has 2 bridgehead atoms. The van der Waals surface area contributed by atoms with Gasteiger partial charge in [-0.2, -0.15) is 0 Å². The molecule has 2 aromatic carbocycles. The molecule has 1 saturated carbocycles. The smallest absolute Gasteiger partial charge is 0.316 e. The number of piperidine rings is 1. The van der Waals surface area contributed by atoms with Gasteiger partial charge in [-0.3, -0.25) is 9.69 Å². The quantitative estimate of drug-likeness (QED) is 0.780. The zero-order valence-electron chi connectivity index (χ0n) is 18.1. The SMILES string of the molecule is COC(=O)[C@@]1(c2ccccc2)C[C@H]1CN1CC[C@@]2(C)c3cc(O)ccc3C[C@@H]1C2C. The molecule has 0 amide bonds. The molecule has 1 aliphatic heterocycles. The van der Waals surface area contributed by atoms with Crippen LogP contribution in [-0.4, -0.2) is 42.2 Å². The third-order valence-electron chi connectivity index (χ3n) is 8.51. The van der Waals surface area contributed by atoms with Gasteiger partial charge < -0.3 is 9.84 Å². The highest BCUT2D eigenvalue weighted by molar-refractivity contribution is 5.87. The molecule has 4 nitrogen and oxygen atoms in total. The Bertz CT molecular complexity index is 973. The van der Waals surface area contributed by atoms with E-state index >= 15 is 0 Å². The van der Waals surface area contributed by atoms with Crippen molar-refractivity contribution in [2.75, 3.05) is 20.2 Å². The first-order valence-electron chi connectivity index (χ1n) is 11.1. The highest BCUT2D eigenvalue weighted by atomic mass is 16.5. The zero-order valence-corrected chi connectivity index (χ0v) is 18.1. The van der Waals surface area contributed by atoms with E-state index < -0.39 is 5.41 Å². The Kier molecular flexibility index (Phi) is 4.48. The number of hydrogen-bond donors (Lipinski definition) is 1. The molecule has 1 unspecified atom stereocenters. The van der Waals surface area contributed by atoms with Crippen LogP contribution in [-0.2, 0) is 26.8 Å². The van der Waals surface area contributed by atoms with Crippen LogP contribution in [0.4, 0.5) is 0 Å². The minimum atomic E-state index is -0.488. The van der Waals surface area contributed by atoms with Gasteiger partial charge >= 0.3 is 5.97 Å². The molecule has 2 fully saturated rings. The highest BCUT2D eigenvalue weighted by Gasteiger charge is 2.63. The zero-order chi connectivity index (χ0) is 21.1. The van der Waals surface area contributed by atoms with Crippen molar-refractivity contribution >= 4 is 5.97 Å². The number of aromatic hydroxyl groups is 1. The molecule has 4 heteroatoms. The first-order valence-corrected chi connectivity index (χ1v) is 11.1. The first-order chi connectivity index (χ1) is 14.4. The van der Waals surface area contributed by atoms with Gasteiger partial charge in [0.1, 0.15) is 5.75 Å². The molecule has 2 aromatic rings. The number of phenols is 1. The van der Waals surface area contributed by atoms with Gasteiger partial charge in [0.15, 0.2) is 0 Å². The Labute approximate surface area is 178 Å². The summed E-state index contributed by atoms with van der Waals surface area (Å²) in [5.74, 6) is 1.07. The van der Waals surface area contributed by atoms with E-state index in [0.29, 0.717) is 23.6 Å². The number of benzene rings is 2. The standard InChI is InChI=1S/C26H31NO3/c1-17-23-13-18-9-10-21(28)14-22(18)25(17,2)11-12-27(23)16-20-15-26(20,24(29)30-3)19-7-5-4-6-8-19/h4-10,14,17,20,23,28H,11-13,15-16H2,1-3H3/t17?,20-,23+,25+,26+/m0/s1. The molecule has 158 valence electrons. The van der Waals surface area contributed by atoms with Gasteiger partial charge in [0.25, 0.3) is 0 Å². The molecule has 30 heavy (non-hydrogen) atoms. The van der Waals surface area contributed by atoms with E-state index in [-0.39, 0.29) is 11.4 Å². The molecule has 3 aliphatic rings. The number of nitrogens with zero attached hydrogens (tertiary/aromatic N) is 1. The Morgan fingerprint density at radius 3 is 2.73 bits per heavy atom. The lowest BCUT2D eigenvalue weighted by Crippen LogP contribution is -2.58. The van der Waals surface area contributed by atoms with E-state index in [2.05, 4.69) is 36.9 Å². The number of fused-ring (bicyclic) bond motifs is 4. The third-order valence-corrected chi connectivity index (χ3v) is 8.51. The molecule has 2 aliphatic carbocycles. The van der Waals surface area contributed by atoms with Crippen molar-refractivity contribution < 1.29 is 14.6 Å². The average molecular weight is 406 g/mol. The molecule has 1 heterocycles. The second kappa shape index (κ2) is 6.84. The normalized spacial score (nSPS) is 34.8. The van der Waals surface area contributed by atoms with Crippen molar-refractivity contribution in [1.82, 2.24) is 4.90 Å². The van der Waals surface area contributed by atoms with Gasteiger partial charge in [0, 0.05) is 12.6 Å². The van der Waals surface area contributed by atoms with Gasteiger partial charge in [0.05, 0.1) is 12.5 Å². The molecule has 1 N–H and O–H groups in total. The molecular weight excluding hydrogens is 374 g/mol. The van der Waals surface area contributed by atoms with Crippen molar-refractivity contribution in [2.45, 2.75) is 50.0 Å². The number of esters is 1. The second-order valence-electron chi connectivity index (χ2n) is 9.79. The summed E-state index contributed by atoms with van der Waals surface area (Å²) in [6.07, 6.45) is 2.95. The number of rotatable bonds is 4. The highest BCUT2D eigenvalue weighted by Crippen LogP contribution is 2.57. The van der Waals surface area contributed by atoms with Crippen LogP contribution in [0, 0.1) is 11.8 Å². The van der Waals surface area contributed by atoms with E-state index in [1.165, 1.54) is 18.2 Å².